The molecule has 0 saturated carbocycles. The van der Waals surface area contributed by atoms with E-state index in [4.69, 9.17) is 36.5 Å². The van der Waals surface area contributed by atoms with Crippen molar-refractivity contribution in [1.82, 2.24) is 0 Å². The zero-order valence-corrected chi connectivity index (χ0v) is 8.73. The van der Waals surface area contributed by atoms with Crippen LogP contribution in [0.2, 0.25) is 0 Å². The molecule has 0 fully saturated rings. The summed E-state index contributed by atoms with van der Waals surface area (Å²) in [4.78, 5) is 0. The van der Waals surface area contributed by atoms with Gasteiger partial charge in [0.05, 0.1) is 0 Å². The molecule has 0 aliphatic carbocycles. The van der Waals surface area contributed by atoms with Crippen LogP contribution in [0, 0.1) is 0 Å². The quantitative estimate of drug-likeness (QED) is 0.175. The first kappa shape index (κ1) is 19.1. The van der Waals surface area contributed by atoms with Gasteiger partial charge < -0.3 is 9.11 Å². The maximum atomic E-state index is 8.97. The van der Waals surface area contributed by atoms with E-state index in [9.17, 15) is 0 Å². The van der Waals surface area contributed by atoms with Crippen LogP contribution in [0.25, 0.3) is 0 Å². The average Bonchev–Trinajstić information content (AvgIpc) is 1.86. The van der Waals surface area contributed by atoms with Crippen LogP contribution in [0.5, 0.6) is 0 Å². The Balaban J connectivity index is -0.000000143. The average molecular weight is 250 g/mol. The fourth-order valence-electron chi connectivity index (χ4n) is 0. The smallest absolute Gasteiger partial charge is 0.724 e. The summed E-state index contributed by atoms with van der Waals surface area (Å²) in [5.74, 6) is 0. The second-order valence-corrected chi connectivity index (χ2v) is 2.90. The van der Waals surface area contributed by atoms with Crippen molar-refractivity contribution in [2.75, 3.05) is 0 Å². The summed E-state index contributed by atoms with van der Waals surface area (Å²) in [5.41, 5.74) is 0. The molecule has 0 unspecified atom stereocenters. The Morgan fingerprint density at radius 3 is 0.923 bits per heavy atom. The Morgan fingerprint density at radius 1 is 0.846 bits per heavy atom. The second kappa shape index (κ2) is 7.80. The van der Waals surface area contributed by atoms with Crippen molar-refractivity contribution in [3.8, 4) is 0 Å². The fraction of sp³-hybridized carbons (Fsp3) is 0. The van der Waals surface area contributed by atoms with Crippen LogP contribution in [-0.2, 0) is 29.5 Å². The fourth-order valence-corrected chi connectivity index (χ4v) is 0. The maximum absolute atomic E-state index is 8.97. The van der Waals surface area contributed by atoms with Gasteiger partial charge in [0.2, 0.25) is 20.8 Å². The van der Waals surface area contributed by atoms with Gasteiger partial charge in [-0.25, -0.2) is 27.4 Å². The van der Waals surface area contributed by atoms with Gasteiger partial charge in [0.1, 0.15) is 0 Å². The Morgan fingerprint density at radius 2 is 0.923 bits per heavy atom. The molecule has 10 nitrogen and oxygen atoms in total. The van der Waals surface area contributed by atoms with E-state index in [2.05, 4.69) is 8.67 Å². The molecule has 0 heterocycles. The molecular formula is H2MgO10S2. The molecule has 0 radical (unpaired) electrons. The van der Waals surface area contributed by atoms with Gasteiger partial charge in [0.25, 0.3) is 0 Å². The molecule has 0 atom stereocenters. The summed E-state index contributed by atoms with van der Waals surface area (Å²) < 4.78 is 58.5. The molecule has 0 aromatic heterocycles. The van der Waals surface area contributed by atoms with Gasteiger partial charge in [-0.15, -0.1) is 8.67 Å². The predicted molar refractivity (Wildman–Crippen MR) is 32.6 cm³/mol. The summed E-state index contributed by atoms with van der Waals surface area (Å²) in [6.07, 6.45) is 0. The molecule has 0 bridgehead atoms. The first-order chi connectivity index (χ1) is 5.12. The third-order valence-corrected chi connectivity index (χ3v) is 0.548. The molecule has 13 heteroatoms. The van der Waals surface area contributed by atoms with Gasteiger partial charge in [-0.1, -0.05) is 0 Å². The molecule has 0 aromatic carbocycles. The van der Waals surface area contributed by atoms with Crippen molar-refractivity contribution in [3.63, 3.8) is 0 Å². The van der Waals surface area contributed by atoms with Crippen molar-refractivity contribution in [3.05, 3.63) is 0 Å². The molecular weight excluding hydrogens is 248 g/mol. The summed E-state index contributed by atoms with van der Waals surface area (Å²) in [6.45, 7) is 0. The van der Waals surface area contributed by atoms with Crippen LogP contribution in [-0.4, -0.2) is 59.5 Å². The van der Waals surface area contributed by atoms with Gasteiger partial charge >= 0.3 is 23.1 Å². The minimum Gasteiger partial charge on any atom is -0.724 e. The van der Waals surface area contributed by atoms with Gasteiger partial charge in [0, 0.05) is 0 Å². The number of rotatable bonds is 2. The molecule has 0 aromatic rings. The van der Waals surface area contributed by atoms with Crippen molar-refractivity contribution < 1.29 is 45.1 Å². The van der Waals surface area contributed by atoms with E-state index in [0.29, 0.717) is 0 Å². The van der Waals surface area contributed by atoms with E-state index >= 15 is 0 Å². The third kappa shape index (κ3) is 32.7. The number of hydrogen-bond donors (Lipinski definition) is 2. The largest absolute Gasteiger partial charge is 2.00 e. The normalized spacial score (nSPS) is 10.8. The van der Waals surface area contributed by atoms with Gasteiger partial charge in [-0.2, -0.15) is 0 Å². The Hall–Kier alpha value is 0.426. The van der Waals surface area contributed by atoms with E-state index in [1.807, 2.05) is 0 Å². The van der Waals surface area contributed by atoms with E-state index in [-0.39, 0.29) is 23.1 Å². The van der Waals surface area contributed by atoms with Gasteiger partial charge in [-0.05, 0) is 0 Å². The minimum absolute atomic E-state index is 0. The zero-order chi connectivity index (χ0) is 10.4. The summed E-state index contributed by atoms with van der Waals surface area (Å²) in [6, 6.07) is 0. The van der Waals surface area contributed by atoms with Crippen molar-refractivity contribution in [2.45, 2.75) is 0 Å². The van der Waals surface area contributed by atoms with Crippen molar-refractivity contribution in [2.24, 2.45) is 0 Å². The summed E-state index contributed by atoms with van der Waals surface area (Å²) >= 11 is 0. The van der Waals surface area contributed by atoms with Crippen LogP contribution in [0.4, 0.5) is 0 Å². The maximum Gasteiger partial charge on any atom is 2.00 e. The first-order valence-corrected chi connectivity index (χ1v) is 4.37. The van der Waals surface area contributed by atoms with E-state index in [0.717, 1.165) is 0 Å². The zero-order valence-electron chi connectivity index (χ0n) is 5.68. The first-order valence-electron chi connectivity index (χ1n) is 1.70. The van der Waals surface area contributed by atoms with Crippen LogP contribution < -0.4 is 0 Å². The third-order valence-electron chi connectivity index (χ3n) is 0.183. The monoisotopic (exact) mass is 250 g/mol. The van der Waals surface area contributed by atoms with Crippen molar-refractivity contribution >= 4 is 43.9 Å². The van der Waals surface area contributed by atoms with Crippen LogP contribution >= 0.6 is 0 Å². The molecule has 0 saturated heterocycles. The van der Waals surface area contributed by atoms with Crippen LogP contribution in [0.15, 0.2) is 0 Å². The van der Waals surface area contributed by atoms with Gasteiger partial charge in [0.15, 0.2) is 0 Å². The summed E-state index contributed by atoms with van der Waals surface area (Å²) in [7, 11) is -9.71. The summed E-state index contributed by atoms with van der Waals surface area (Å²) in [5, 5.41) is 14.0. The second-order valence-electron chi connectivity index (χ2n) is 0.966. The Labute approximate surface area is 89.0 Å². The molecule has 13 heavy (non-hydrogen) atoms. The minimum atomic E-state index is -4.86. The van der Waals surface area contributed by atoms with E-state index in [1.165, 1.54) is 0 Å². The molecule has 0 aliphatic rings. The Bertz CT molecular complexity index is 249. The number of hydrogen-bond acceptors (Lipinski definition) is 10. The van der Waals surface area contributed by atoms with Crippen LogP contribution in [0.3, 0.4) is 0 Å². The molecule has 0 aliphatic heterocycles. The van der Waals surface area contributed by atoms with Crippen molar-refractivity contribution in [1.29, 1.82) is 0 Å². The Kier molecular flexibility index (Phi) is 11.4. The molecule has 0 amide bonds. The SMILES string of the molecule is O=S(=O)([O-])OO.O=S(=O)([O-])OO.[Mg+2]. The molecule has 2 N–H and O–H groups in total. The van der Waals surface area contributed by atoms with Crippen LogP contribution in [0.1, 0.15) is 0 Å². The topological polar surface area (TPSA) is 173 Å². The van der Waals surface area contributed by atoms with Gasteiger partial charge in [-0.3, -0.25) is 0 Å². The van der Waals surface area contributed by atoms with E-state index < -0.39 is 20.8 Å². The predicted octanol–water partition coefficient (Wildman–Crippen LogP) is -2.51. The molecule has 0 spiro atoms. The molecule has 76 valence electrons. The standard InChI is InChI=1S/Mg.2H2O5S/c;2*1-5-6(2,3)4/h;2*1H,(H,2,3,4)/q+2;;/p-2. The molecule has 0 rings (SSSR count). The van der Waals surface area contributed by atoms with E-state index in [1.54, 1.807) is 0 Å².